The first-order chi connectivity index (χ1) is 8.90. The van der Waals surface area contributed by atoms with Crippen LogP contribution in [0.2, 0.25) is 0 Å². The van der Waals surface area contributed by atoms with Crippen LogP contribution in [-0.4, -0.2) is 49.8 Å². The summed E-state index contributed by atoms with van der Waals surface area (Å²) < 4.78 is 5.54. The molecule has 2 aliphatic rings. The highest BCUT2D eigenvalue weighted by Crippen LogP contribution is 2.18. The monoisotopic (exact) mass is 254 g/mol. The molecule has 0 aromatic heterocycles. The van der Waals surface area contributed by atoms with Gasteiger partial charge >= 0.3 is 0 Å². The standard InChI is InChI=1S/C15H30N2O/c1-2-15-13-18-12-11-17(15)10-6-4-3-5-9-16-14-7-8-14/h14-16H,2-13H2,1H3. The average Bonchev–Trinajstić information content (AvgIpc) is 3.22. The Morgan fingerprint density at radius 3 is 2.78 bits per heavy atom. The van der Waals surface area contributed by atoms with Crippen LogP contribution in [0.3, 0.4) is 0 Å². The van der Waals surface area contributed by atoms with E-state index in [2.05, 4.69) is 17.1 Å². The van der Waals surface area contributed by atoms with Crippen molar-refractivity contribution in [1.29, 1.82) is 0 Å². The van der Waals surface area contributed by atoms with E-state index in [1.54, 1.807) is 0 Å². The average molecular weight is 254 g/mol. The number of morpholine rings is 1. The van der Waals surface area contributed by atoms with E-state index in [4.69, 9.17) is 4.74 Å². The lowest BCUT2D eigenvalue weighted by Crippen LogP contribution is -2.45. The molecule has 1 aliphatic carbocycles. The van der Waals surface area contributed by atoms with Crippen LogP contribution in [0.15, 0.2) is 0 Å². The zero-order chi connectivity index (χ0) is 12.6. The van der Waals surface area contributed by atoms with E-state index in [1.165, 1.54) is 58.0 Å². The molecule has 1 heterocycles. The zero-order valence-corrected chi connectivity index (χ0v) is 12.0. The minimum Gasteiger partial charge on any atom is -0.378 e. The number of nitrogens with zero attached hydrogens (tertiary/aromatic N) is 1. The second-order valence-corrected chi connectivity index (χ2v) is 5.82. The Bertz CT molecular complexity index is 219. The van der Waals surface area contributed by atoms with Crippen LogP contribution in [0.4, 0.5) is 0 Å². The van der Waals surface area contributed by atoms with Crippen molar-refractivity contribution in [2.24, 2.45) is 0 Å². The molecule has 106 valence electrons. The summed E-state index contributed by atoms with van der Waals surface area (Å²) in [5.74, 6) is 0. The lowest BCUT2D eigenvalue weighted by atomic mass is 10.1. The molecule has 0 amide bonds. The van der Waals surface area contributed by atoms with Gasteiger partial charge in [0.1, 0.15) is 0 Å². The second kappa shape index (κ2) is 8.13. The first-order valence-corrected chi connectivity index (χ1v) is 7.95. The third kappa shape index (κ3) is 5.25. The Balaban J connectivity index is 1.43. The molecule has 1 saturated heterocycles. The first kappa shape index (κ1) is 14.3. The van der Waals surface area contributed by atoms with Gasteiger partial charge in [-0.05, 0) is 45.2 Å². The highest BCUT2D eigenvalue weighted by molar-refractivity contribution is 4.80. The van der Waals surface area contributed by atoms with Gasteiger partial charge in [0.15, 0.2) is 0 Å². The van der Waals surface area contributed by atoms with Crippen molar-refractivity contribution in [3.05, 3.63) is 0 Å². The van der Waals surface area contributed by atoms with E-state index < -0.39 is 0 Å². The van der Waals surface area contributed by atoms with Gasteiger partial charge in [-0.15, -0.1) is 0 Å². The van der Waals surface area contributed by atoms with Gasteiger partial charge in [0.25, 0.3) is 0 Å². The second-order valence-electron chi connectivity index (χ2n) is 5.82. The van der Waals surface area contributed by atoms with Crippen molar-refractivity contribution < 1.29 is 4.74 Å². The van der Waals surface area contributed by atoms with Gasteiger partial charge in [-0.2, -0.15) is 0 Å². The Hall–Kier alpha value is -0.120. The molecule has 1 atom stereocenters. The topological polar surface area (TPSA) is 24.5 Å². The highest BCUT2D eigenvalue weighted by Gasteiger charge is 2.20. The summed E-state index contributed by atoms with van der Waals surface area (Å²) in [5.41, 5.74) is 0. The minimum absolute atomic E-state index is 0.676. The SMILES string of the molecule is CCC1COCCN1CCCCCCNC1CC1. The predicted octanol–water partition coefficient (Wildman–Crippen LogP) is 2.41. The Kier molecular flexibility index (Phi) is 6.46. The molecule has 0 radical (unpaired) electrons. The van der Waals surface area contributed by atoms with Crippen LogP contribution in [-0.2, 0) is 4.74 Å². The van der Waals surface area contributed by atoms with Crippen molar-refractivity contribution >= 4 is 0 Å². The van der Waals surface area contributed by atoms with E-state index >= 15 is 0 Å². The number of rotatable bonds is 9. The summed E-state index contributed by atoms with van der Waals surface area (Å²) in [6, 6.07) is 1.55. The lowest BCUT2D eigenvalue weighted by molar-refractivity contribution is -0.00917. The molecular formula is C15H30N2O. The first-order valence-electron chi connectivity index (χ1n) is 7.95. The van der Waals surface area contributed by atoms with Crippen LogP contribution in [0.5, 0.6) is 0 Å². The van der Waals surface area contributed by atoms with Crippen LogP contribution in [0, 0.1) is 0 Å². The molecule has 1 aliphatic heterocycles. The minimum atomic E-state index is 0.676. The van der Waals surface area contributed by atoms with Gasteiger partial charge in [0.05, 0.1) is 13.2 Å². The normalized spacial score (nSPS) is 25.5. The molecule has 3 nitrogen and oxygen atoms in total. The summed E-state index contributed by atoms with van der Waals surface area (Å²) in [5, 5.41) is 3.59. The fourth-order valence-corrected chi connectivity index (χ4v) is 2.75. The Morgan fingerprint density at radius 2 is 2.00 bits per heavy atom. The maximum atomic E-state index is 5.54. The predicted molar refractivity (Wildman–Crippen MR) is 76.0 cm³/mol. The Labute approximate surface area is 112 Å². The van der Waals surface area contributed by atoms with Crippen molar-refractivity contribution in [2.45, 2.75) is 64.0 Å². The van der Waals surface area contributed by atoms with Gasteiger partial charge in [-0.1, -0.05) is 19.8 Å². The third-order valence-corrected chi connectivity index (χ3v) is 4.20. The van der Waals surface area contributed by atoms with E-state index in [1.807, 2.05) is 0 Å². The van der Waals surface area contributed by atoms with Gasteiger partial charge in [0.2, 0.25) is 0 Å². The maximum Gasteiger partial charge on any atom is 0.0622 e. The summed E-state index contributed by atoms with van der Waals surface area (Å²) in [7, 11) is 0. The highest BCUT2D eigenvalue weighted by atomic mass is 16.5. The summed E-state index contributed by atoms with van der Waals surface area (Å²) in [4.78, 5) is 2.63. The number of unbranched alkanes of at least 4 members (excludes halogenated alkanes) is 3. The fourth-order valence-electron chi connectivity index (χ4n) is 2.75. The van der Waals surface area contributed by atoms with Crippen molar-refractivity contribution in [3.63, 3.8) is 0 Å². The van der Waals surface area contributed by atoms with Gasteiger partial charge in [0, 0.05) is 18.6 Å². The maximum absolute atomic E-state index is 5.54. The molecule has 0 spiro atoms. The molecule has 2 rings (SSSR count). The number of hydrogen-bond acceptors (Lipinski definition) is 3. The molecule has 1 N–H and O–H groups in total. The summed E-state index contributed by atoms with van der Waals surface area (Å²) in [6.45, 7) is 7.80. The van der Waals surface area contributed by atoms with Crippen LogP contribution < -0.4 is 5.32 Å². The largest absolute Gasteiger partial charge is 0.378 e. The quantitative estimate of drug-likeness (QED) is 0.640. The van der Waals surface area contributed by atoms with E-state index in [0.29, 0.717) is 6.04 Å². The van der Waals surface area contributed by atoms with Gasteiger partial charge < -0.3 is 10.1 Å². The number of nitrogens with one attached hydrogen (secondary N) is 1. The van der Waals surface area contributed by atoms with Crippen LogP contribution in [0.1, 0.15) is 51.9 Å². The number of ether oxygens (including phenoxy) is 1. The molecule has 3 heteroatoms. The summed E-state index contributed by atoms with van der Waals surface area (Å²) in [6.07, 6.45) is 9.55. The Morgan fingerprint density at radius 1 is 1.17 bits per heavy atom. The molecule has 2 fully saturated rings. The van der Waals surface area contributed by atoms with E-state index in [-0.39, 0.29) is 0 Å². The van der Waals surface area contributed by atoms with Crippen LogP contribution >= 0.6 is 0 Å². The number of hydrogen-bond donors (Lipinski definition) is 1. The molecule has 18 heavy (non-hydrogen) atoms. The van der Waals surface area contributed by atoms with Crippen molar-refractivity contribution in [2.75, 3.05) is 32.8 Å². The van der Waals surface area contributed by atoms with E-state index in [0.717, 1.165) is 25.8 Å². The van der Waals surface area contributed by atoms with Crippen molar-refractivity contribution in [1.82, 2.24) is 10.2 Å². The van der Waals surface area contributed by atoms with Gasteiger partial charge in [-0.25, -0.2) is 0 Å². The smallest absolute Gasteiger partial charge is 0.0622 e. The van der Waals surface area contributed by atoms with E-state index in [9.17, 15) is 0 Å². The molecule has 0 aromatic rings. The molecule has 0 bridgehead atoms. The molecule has 0 aromatic carbocycles. The molecular weight excluding hydrogens is 224 g/mol. The lowest BCUT2D eigenvalue weighted by Gasteiger charge is -2.35. The third-order valence-electron chi connectivity index (χ3n) is 4.20. The van der Waals surface area contributed by atoms with Gasteiger partial charge in [-0.3, -0.25) is 4.90 Å². The summed E-state index contributed by atoms with van der Waals surface area (Å²) >= 11 is 0. The zero-order valence-electron chi connectivity index (χ0n) is 12.0. The van der Waals surface area contributed by atoms with Crippen molar-refractivity contribution in [3.8, 4) is 0 Å². The molecule has 1 unspecified atom stereocenters. The molecule has 1 saturated carbocycles. The fraction of sp³-hybridized carbons (Fsp3) is 1.00. The van der Waals surface area contributed by atoms with Crippen LogP contribution in [0.25, 0.3) is 0 Å².